The highest BCUT2D eigenvalue weighted by Gasteiger charge is 2.39. The number of aromatic nitrogens is 2. The zero-order chi connectivity index (χ0) is 17.1. The Balaban J connectivity index is 1.51. The summed E-state index contributed by atoms with van der Waals surface area (Å²) < 4.78 is 5.47. The summed E-state index contributed by atoms with van der Waals surface area (Å²) in [5.74, 6) is 0.999. The molecule has 1 aliphatic rings. The minimum absolute atomic E-state index is 0.0357. The average Bonchev–Trinajstić information content (AvgIpc) is 3.17. The van der Waals surface area contributed by atoms with E-state index in [1.807, 2.05) is 12.1 Å². The van der Waals surface area contributed by atoms with Crippen molar-refractivity contribution in [1.29, 1.82) is 0 Å². The van der Waals surface area contributed by atoms with Crippen molar-refractivity contribution < 1.29 is 14.3 Å². The van der Waals surface area contributed by atoms with Gasteiger partial charge in [0, 0.05) is 11.7 Å². The monoisotopic (exact) mass is 363 g/mol. The largest absolute Gasteiger partial charge is 0.465 e. The highest BCUT2D eigenvalue weighted by Crippen LogP contribution is 2.39. The molecule has 1 fully saturated rings. The van der Waals surface area contributed by atoms with Crippen molar-refractivity contribution in [2.75, 3.05) is 12.4 Å². The first-order valence-electron chi connectivity index (χ1n) is 7.51. The van der Waals surface area contributed by atoms with Gasteiger partial charge in [-0.1, -0.05) is 42.2 Å². The van der Waals surface area contributed by atoms with Crippen LogP contribution >= 0.6 is 23.1 Å². The lowest BCUT2D eigenvalue weighted by atomic mass is 10.1. The van der Waals surface area contributed by atoms with Crippen molar-refractivity contribution in [3.05, 3.63) is 35.4 Å². The number of carbonyl (C=O) groups is 2. The Morgan fingerprint density at radius 2 is 2.04 bits per heavy atom. The number of nitrogens with zero attached hydrogens (tertiary/aromatic N) is 2. The summed E-state index contributed by atoms with van der Waals surface area (Å²) in [5, 5.41) is 11.5. The van der Waals surface area contributed by atoms with E-state index in [0.717, 1.165) is 16.3 Å². The van der Waals surface area contributed by atoms with Crippen molar-refractivity contribution in [3.8, 4) is 0 Å². The number of carbonyl (C=O) groups excluding carboxylic acids is 2. The zero-order valence-electron chi connectivity index (χ0n) is 13.3. The van der Waals surface area contributed by atoms with Crippen molar-refractivity contribution in [3.63, 3.8) is 0 Å². The molecule has 2 aromatic rings. The van der Waals surface area contributed by atoms with Crippen LogP contribution in [-0.2, 0) is 15.3 Å². The molecule has 1 heterocycles. The van der Waals surface area contributed by atoms with Crippen LogP contribution in [0.4, 0.5) is 5.13 Å². The van der Waals surface area contributed by atoms with Gasteiger partial charge in [-0.25, -0.2) is 4.79 Å². The number of anilines is 1. The highest BCUT2D eigenvalue weighted by molar-refractivity contribution is 8.00. The molecule has 3 rings (SSSR count). The van der Waals surface area contributed by atoms with Crippen LogP contribution < -0.4 is 5.32 Å². The van der Waals surface area contributed by atoms with Gasteiger partial charge in [0.15, 0.2) is 4.34 Å². The lowest BCUT2D eigenvalue weighted by Crippen LogP contribution is -2.14. The number of amides is 1. The minimum atomic E-state index is -0.344. The van der Waals surface area contributed by atoms with E-state index >= 15 is 0 Å². The van der Waals surface area contributed by atoms with E-state index in [0.29, 0.717) is 22.4 Å². The molecular formula is C16H17N3O3S2. The average molecular weight is 363 g/mol. The second-order valence-electron chi connectivity index (χ2n) is 5.66. The van der Waals surface area contributed by atoms with Gasteiger partial charge in [-0.05, 0) is 30.0 Å². The molecule has 2 atom stereocenters. The third-order valence-electron chi connectivity index (χ3n) is 3.82. The van der Waals surface area contributed by atoms with E-state index in [4.69, 9.17) is 0 Å². The molecule has 0 unspecified atom stereocenters. The zero-order valence-corrected chi connectivity index (χ0v) is 14.9. The van der Waals surface area contributed by atoms with Gasteiger partial charge in [-0.2, -0.15) is 0 Å². The fourth-order valence-corrected chi connectivity index (χ4v) is 3.91. The summed E-state index contributed by atoms with van der Waals surface area (Å²) >= 11 is 2.92. The van der Waals surface area contributed by atoms with Gasteiger partial charge >= 0.3 is 5.97 Å². The molecule has 0 radical (unpaired) electrons. The van der Waals surface area contributed by atoms with Crippen LogP contribution in [-0.4, -0.2) is 29.2 Å². The standard InChI is InChI=1S/C16H17N3O3S2/c1-9-7-12(9)13(20)17-15-18-19-16(24-15)23-8-10-3-5-11(6-4-10)14(21)22-2/h3-6,9,12H,7-8H2,1-2H3,(H,17,18,20)/t9-,12+/m1/s1. The maximum atomic E-state index is 11.9. The van der Waals surface area contributed by atoms with Gasteiger partial charge in [-0.3, -0.25) is 4.79 Å². The van der Waals surface area contributed by atoms with Crippen LogP contribution in [0.3, 0.4) is 0 Å². The maximum Gasteiger partial charge on any atom is 0.337 e. The van der Waals surface area contributed by atoms with Crippen LogP contribution in [0.2, 0.25) is 0 Å². The maximum absolute atomic E-state index is 11.9. The van der Waals surface area contributed by atoms with Gasteiger partial charge in [0.2, 0.25) is 11.0 Å². The predicted molar refractivity (Wildman–Crippen MR) is 93.2 cm³/mol. The summed E-state index contributed by atoms with van der Waals surface area (Å²) in [7, 11) is 1.36. The smallest absolute Gasteiger partial charge is 0.337 e. The summed E-state index contributed by atoms with van der Waals surface area (Å²) in [6.45, 7) is 2.07. The van der Waals surface area contributed by atoms with Crippen LogP contribution in [0.15, 0.2) is 28.6 Å². The first-order chi connectivity index (χ1) is 11.6. The van der Waals surface area contributed by atoms with Crippen molar-refractivity contribution in [2.45, 2.75) is 23.4 Å². The Labute approximate surface area is 148 Å². The lowest BCUT2D eigenvalue weighted by Gasteiger charge is -2.01. The van der Waals surface area contributed by atoms with Crippen LogP contribution in [0.1, 0.15) is 29.3 Å². The molecular weight excluding hydrogens is 346 g/mol. The van der Waals surface area contributed by atoms with Crippen LogP contribution in [0.25, 0.3) is 0 Å². The van der Waals surface area contributed by atoms with Gasteiger partial charge in [0.1, 0.15) is 0 Å². The van der Waals surface area contributed by atoms with Crippen molar-refractivity contribution in [2.24, 2.45) is 11.8 Å². The van der Waals surface area contributed by atoms with E-state index in [1.165, 1.54) is 18.4 Å². The first-order valence-corrected chi connectivity index (χ1v) is 9.31. The van der Waals surface area contributed by atoms with Gasteiger partial charge in [0.05, 0.1) is 12.7 Å². The topological polar surface area (TPSA) is 81.2 Å². The SMILES string of the molecule is COC(=O)c1ccc(CSc2nnc(NC(=O)[C@H]3C[C@H]3C)s2)cc1. The molecule has 1 aromatic carbocycles. The number of thioether (sulfide) groups is 1. The Bertz CT molecular complexity index is 745. The molecule has 1 saturated carbocycles. The Hall–Kier alpha value is -1.93. The number of nitrogens with one attached hydrogen (secondary N) is 1. The fourth-order valence-electron chi connectivity index (χ4n) is 2.20. The molecule has 0 saturated heterocycles. The first kappa shape index (κ1) is 16.9. The van der Waals surface area contributed by atoms with E-state index in [1.54, 1.807) is 23.9 Å². The Morgan fingerprint density at radius 3 is 2.67 bits per heavy atom. The van der Waals surface area contributed by atoms with E-state index in [-0.39, 0.29) is 17.8 Å². The molecule has 1 aliphatic carbocycles. The predicted octanol–water partition coefficient (Wildman–Crippen LogP) is 3.21. The summed E-state index contributed by atoms with van der Waals surface area (Å²) in [6, 6.07) is 7.25. The van der Waals surface area contributed by atoms with Gasteiger partial charge in [-0.15, -0.1) is 10.2 Å². The van der Waals surface area contributed by atoms with Crippen molar-refractivity contribution >= 4 is 40.1 Å². The molecule has 6 nitrogen and oxygen atoms in total. The van der Waals surface area contributed by atoms with E-state index < -0.39 is 0 Å². The van der Waals surface area contributed by atoms with Crippen LogP contribution in [0.5, 0.6) is 0 Å². The summed E-state index contributed by atoms with van der Waals surface area (Å²) in [4.78, 5) is 23.3. The van der Waals surface area contributed by atoms with Gasteiger partial charge in [0.25, 0.3) is 0 Å². The third-order valence-corrected chi connectivity index (χ3v) is 5.86. The fraction of sp³-hybridized carbons (Fsp3) is 0.375. The normalized spacial score (nSPS) is 18.9. The summed E-state index contributed by atoms with van der Waals surface area (Å²) in [6.07, 6.45) is 0.952. The molecule has 0 spiro atoms. The van der Waals surface area contributed by atoms with Crippen molar-refractivity contribution in [1.82, 2.24) is 10.2 Å². The number of rotatable bonds is 6. The number of hydrogen-bond donors (Lipinski definition) is 1. The number of methoxy groups -OCH3 is 1. The quantitative estimate of drug-likeness (QED) is 0.482. The number of esters is 1. The molecule has 24 heavy (non-hydrogen) atoms. The third kappa shape index (κ3) is 4.12. The second kappa shape index (κ2) is 7.31. The lowest BCUT2D eigenvalue weighted by molar-refractivity contribution is -0.117. The minimum Gasteiger partial charge on any atom is -0.465 e. The molecule has 0 aliphatic heterocycles. The number of ether oxygens (including phenoxy) is 1. The molecule has 1 aromatic heterocycles. The Morgan fingerprint density at radius 1 is 1.33 bits per heavy atom. The van der Waals surface area contributed by atoms with Gasteiger partial charge < -0.3 is 10.1 Å². The number of benzene rings is 1. The molecule has 1 N–H and O–H groups in total. The van der Waals surface area contributed by atoms with Crippen LogP contribution in [0, 0.1) is 11.8 Å². The van der Waals surface area contributed by atoms with E-state index in [9.17, 15) is 9.59 Å². The number of hydrogen-bond acceptors (Lipinski definition) is 7. The highest BCUT2D eigenvalue weighted by atomic mass is 32.2. The Kier molecular flexibility index (Phi) is 5.15. The molecule has 126 valence electrons. The molecule has 1 amide bonds. The second-order valence-corrected chi connectivity index (χ2v) is 7.86. The van der Waals surface area contributed by atoms with E-state index in [2.05, 4.69) is 27.2 Å². The molecule has 0 bridgehead atoms. The summed E-state index contributed by atoms with van der Waals surface area (Å²) in [5.41, 5.74) is 1.60. The molecule has 8 heteroatoms.